The number of rotatable bonds is 2. The summed E-state index contributed by atoms with van der Waals surface area (Å²) in [6.07, 6.45) is 0.288. The van der Waals surface area contributed by atoms with Gasteiger partial charge in [-0.1, -0.05) is 23.9 Å². The average Bonchev–Trinajstić information content (AvgIpc) is 2.59. The molecule has 0 aromatic heterocycles. The van der Waals surface area contributed by atoms with Crippen molar-refractivity contribution in [2.45, 2.75) is 16.8 Å². The molecule has 1 aromatic carbocycles. The first-order chi connectivity index (χ1) is 6.79. The van der Waals surface area contributed by atoms with E-state index in [0.717, 1.165) is 10.6 Å². The Morgan fingerprint density at radius 3 is 3.07 bits per heavy atom. The Hall–Kier alpha value is -1.16. The number of fused-ring (bicyclic) bond motifs is 1. The van der Waals surface area contributed by atoms with Crippen LogP contribution in [0, 0.1) is 0 Å². The largest absolute Gasteiger partial charge is 0.478 e. The van der Waals surface area contributed by atoms with Crippen molar-refractivity contribution in [2.24, 2.45) is 0 Å². The van der Waals surface area contributed by atoms with E-state index in [1.54, 1.807) is 11.8 Å². The van der Waals surface area contributed by atoms with Gasteiger partial charge in [-0.3, -0.25) is 4.79 Å². The maximum Gasteiger partial charge on any atom is 0.310 e. The molecular formula is C10H10O3S. The van der Waals surface area contributed by atoms with Gasteiger partial charge in [-0.05, 0) is 12.1 Å². The maximum atomic E-state index is 11.0. The summed E-state index contributed by atoms with van der Waals surface area (Å²) < 4.78 is 10.1. The second-order valence-electron chi connectivity index (χ2n) is 2.89. The quantitative estimate of drug-likeness (QED) is 0.700. The summed E-state index contributed by atoms with van der Waals surface area (Å²) in [5, 5.41) is 0. The zero-order chi connectivity index (χ0) is 9.97. The standard InChI is InChI=1S/C10H10O3S/c1-12-9(11)6-10-13-7-4-2-3-5-8(7)14-10/h2-5,10H,6H2,1H3. The van der Waals surface area contributed by atoms with E-state index in [1.165, 1.54) is 7.11 Å². The van der Waals surface area contributed by atoms with Crippen LogP contribution in [0.15, 0.2) is 29.2 Å². The third-order valence-corrected chi connectivity index (χ3v) is 3.04. The molecule has 0 fully saturated rings. The first kappa shape index (κ1) is 9.40. The van der Waals surface area contributed by atoms with Gasteiger partial charge in [-0.2, -0.15) is 0 Å². The minimum Gasteiger partial charge on any atom is -0.478 e. The molecule has 1 aliphatic rings. The summed E-state index contributed by atoms with van der Waals surface area (Å²) in [5.74, 6) is 0.613. The highest BCUT2D eigenvalue weighted by Gasteiger charge is 2.25. The lowest BCUT2D eigenvalue weighted by atomic mass is 10.3. The van der Waals surface area contributed by atoms with E-state index in [4.69, 9.17) is 4.74 Å². The van der Waals surface area contributed by atoms with Crippen LogP contribution in [0.4, 0.5) is 0 Å². The van der Waals surface area contributed by atoms with Crippen molar-refractivity contribution in [3.63, 3.8) is 0 Å². The lowest BCUT2D eigenvalue weighted by Crippen LogP contribution is -2.14. The highest BCUT2D eigenvalue weighted by atomic mass is 32.2. The smallest absolute Gasteiger partial charge is 0.310 e. The van der Waals surface area contributed by atoms with E-state index in [-0.39, 0.29) is 17.8 Å². The van der Waals surface area contributed by atoms with Crippen molar-refractivity contribution in [1.29, 1.82) is 0 Å². The number of carbonyl (C=O) groups is 1. The topological polar surface area (TPSA) is 35.5 Å². The monoisotopic (exact) mass is 210 g/mol. The number of hydrogen-bond donors (Lipinski definition) is 0. The Bertz CT molecular complexity index is 326. The minimum absolute atomic E-state index is 0.139. The van der Waals surface area contributed by atoms with Crippen LogP contribution in [0.2, 0.25) is 0 Å². The summed E-state index contributed by atoms with van der Waals surface area (Å²) in [6, 6.07) is 7.76. The van der Waals surface area contributed by atoms with Crippen molar-refractivity contribution in [1.82, 2.24) is 0 Å². The molecule has 1 heterocycles. The highest BCUT2D eigenvalue weighted by Crippen LogP contribution is 2.41. The third kappa shape index (κ3) is 1.85. The van der Waals surface area contributed by atoms with Gasteiger partial charge in [0.2, 0.25) is 0 Å². The number of methoxy groups -OCH3 is 1. The predicted octanol–water partition coefficient (Wildman–Crippen LogP) is 2.06. The lowest BCUT2D eigenvalue weighted by Gasteiger charge is -2.06. The molecule has 0 saturated heterocycles. The molecule has 4 heteroatoms. The van der Waals surface area contributed by atoms with E-state index < -0.39 is 0 Å². The molecule has 1 unspecified atom stereocenters. The zero-order valence-electron chi connectivity index (χ0n) is 7.73. The SMILES string of the molecule is COC(=O)CC1Oc2ccccc2S1. The van der Waals surface area contributed by atoms with Gasteiger partial charge < -0.3 is 9.47 Å². The number of carbonyl (C=O) groups excluding carboxylic acids is 1. The Labute approximate surface area is 86.4 Å². The minimum atomic E-state index is -0.240. The van der Waals surface area contributed by atoms with E-state index in [9.17, 15) is 4.79 Å². The molecule has 0 spiro atoms. The van der Waals surface area contributed by atoms with Crippen LogP contribution in [0.3, 0.4) is 0 Å². The molecule has 3 nitrogen and oxygen atoms in total. The fraction of sp³-hybridized carbons (Fsp3) is 0.300. The normalized spacial score (nSPS) is 18.5. The molecule has 0 saturated carbocycles. The molecular weight excluding hydrogens is 200 g/mol. The lowest BCUT2D eigenvalue weighted by molar-refractivity contribution is -0.141. The molecule has 74 valence electrons. The van der Waals surface area contributed by atoms with Crippen LogP contribution >= 0.6 is 11.8 Å². The Morgan fingerprint density at radius 2 is 2.36 bits per heavy atom. The number of para-hydroxylation sites is 1. The van der Waals surface area contributed by atoms with Crippen molar-refractivity contribution < 1.29 is 14.3 Å². The van der Waals surface area contributed by atoms with Crippen molar-refractivity contribution in [3.05, 3.63) is 24.3 Å². The second-order valence-corrected chi connectivity index (χ2v) is 4.09. The summed E-state index contributed by atoms with van der Waals surface area (Å²) in [7, 11) is 1.38. The van der Waals surface area contributed by atoms with Crippen LogP contribution in [-0.2, 0) is 9.53 Å². The predicted molar refractivity (Wildman–Crippen MR) is 53.3 cm³/mol. The summed E-state index contributed by atoms with van der Waals surface area (Å²) >= 11 is 1.56. The molecule has 1 aromatic rings. The van der Waals surface area contributed by atoms with Crippen LogP contribution in [0.5, 0.6) is 5.75 Å². The molecule has 0 aliphatic carbocycles. The van der Waals surface area contributed by atoms with Crippen LogP contribution in [0.1, 0.15) is 6.42 Å². The van der Waals surface area contributed by atoms with Gasteiger partial charge in [0, 0.05) is 0 Å². The Morgan fingerprint density at radius 1 is 1.57 bits per heavy atom. The van der Waals surface area contributed by atoms with Gasteiger partial charge in [-0.15, -0.1) is 0 Å². The molecule has 14 heavy (non-hydrogen) atoms. The highest BCUT2D eigenvalue weighted by molar-refractivity contribution is 8.00. The molecule has 0 amide bonds. The average molecular weight is 210 g/mol. The number of esters is 1. The first-order valence-electron chi connectivity index (χ1n) is 4.29. The van der Waals surface area contributed by atoms with Gasteiger partial charge in [-0.25, -0.2) is 0 Å². The van der Waals surface area contributed by atoms with E-state index >= 15 is 0 Å². The number of thioether (sulfide) groups is 1. The molecule has 0 N–H and O–H groups in total. The molecule has 2 rings (SSSR count). The maximum absolute atomic E-state index is 11.0. The van der Waals surface area contributed by atoms with Gasteiger partial charge in [0.15, 0.2) is 5.44 Å². The van der Waals surface area contributed by atoms with Crippen molar-refractivity contribution in [2.75, 3.05) is 7.11 Å². The van der Waals surface area contributed by atoms with E-state index in [0.29, 0.717) is 0 Å². The zero-order valence-corrected chi connectivity index (χ0v) is 8.54. The van der Waals surface area contributed by atoms with Gasteiger partial charge >= 0.3 is 5.97 Å². The molecule has 0 radical (unpaired) electrons. The summed E-state index contributed by atoms with van der Waals surface area (Å²) in [5.41, 5.74) is -0.139. The fourth-order valence-corrected chi connectivity index (χ4v) is 2.30. The summed E-state index contributed by atoms with van der Waals surface area (Å²) in [4.78, 5) is 12.1. The fourth-order valence-electron chi connectivity index (χ4n) is 1.25. The third-order valence-electron chi connectivity index (χ3n) is 1.93. The van der Waals surface area contributed by atoms with E-state index in [1.807, 2.05) is 24.3 Å². The van der Waals surface area contributed by atoms with E-state index in [2.05, 4.69) is 4.74 Å². The van der Waals surface area contributed by atoms with Crippen molar-refractivity contribution >= 4 is 17.7 Å². The second kappa shape index (κ2) is 3.92. The summed E-state index contributed by atoms with van der Waals surface area (Å²) in [6.45, 7) is 0. The van der Waals surface area contributed by atoms with Crippen molar-refractivity contribution in [3.8, 4) is 5.75 Å². The molecule has 1 aliphatic heterocycles. The Balaban J connectivity index is 2.01. The van der Waals surface area contributed by atoms with Gasteiger partial charge in [0.1, 0.15) is 5.75 Å². The van der Waals surface area contributed by atoms with Crippen LogP contribution in [0.25, 0.3) is 0 Å². The Kier molecular flexibility index (Phi) is 2.63. The van der Waals surface area contributed by atoms with Gasteiger partial charge in [0.25, 0.3) is 0 Å². The first-order valence-corrected chi connectivity index (χ1v) is 5.16. The molecule has 0 bridgehead atoms. The number of ether oxygens (including phenoxy) is 2. The van der Waals surface area contributed by atoms with Crippen LogP contribution in [-0.4, -0.2) is 18.5 Å². The molecule has 1 atom stereocenters. The number of benzene rings is 1. The van der Waals surface area contributed by atoms with Gasteiger partial charge in [0.05, 0.1) is 18.4 Å². The number of hydrogen-bond acceptors (Lipinski definition) is 4. The van der Waals surface area contributed by atoms with Crippen LogP contribution < -0.4 is 4.74 Å².